The second-order valence-corrected chi connectivity index (χ2v) is 5.53. The van der Waals surface area contributed by atoms with Gasteiger partial charge in [-0.05, 0) is 61.3 Å². The number of methoxy groups -OCH3 is 1. The molecule has 1 atom stereocenters. The van der Waals surface area contributed by atoms with Gasteiger partial charge in [0.05, 0.1) is 13.7 Å². The lowest BCUT2D eigenvalue weighted by atomic mass is 9.91. The third kappa shape index (κ3) is 4.15. The maximum atomic E-state index is 6.10. The molecule has 2 aromatic rings. The van der Waals surface area contributed by atoms with E-state index in [2.05, 4.69) is 12.1 Å². The number of hydrogen-bond donors (Lipinski definition) is 1. The maximum Gasteiger partial charge on any atom is 0.122 e. The lowest BCUT2D eigenvalue weighted by molar-refractivity contribution is 0.340. The van der Waals surface area contributed by atoms with Crippen molar-refractivity contribution < 1.29 is 9.47 Å². The first-order chi connectivity index (χ1) is 10.7. The summed E-state index contributed by atoms with van der Waals surface area (Å²) in [6.45, 7) is 3.20. The van der Waals surface area contributed by atoms with Crippen LogP contribution >= 0.6 is 11.6 Å². The van der Waals surface area contributed by atoms with Gasteiger partial charge in [-0.1, -0.05) is 23.7 Å². The van der Waals surface area contributed by atoms with E-state index < -0.39 is 0 Å². The largest absolute Gasteiger partial charge is 0.496 e. The van der Waals surface area contributed by atoms with Crippen molar-refractivity contribution in [2.45, 2.75) is 19.3 Å². The van der Waals surface area contributed by atoms with Crippen LogP contribution in [0.1, 0.15) is 24.0 Å². The number of rotatable bonds is 7. The first-order valence-electron chi connectivity index (χ1n) is 7.43. The molecule has 1 unspecified atom stereocenters. The number of nitrogens with two attached hydrogens (primary N) is 1. The van der Waals surface area contributed by atoms with E-state index in [0.29, 0.717) is 18.2 Å². The quantitative estimate of drug-likeness (QED) is 0.838. The molecule has 0 saturated carbocycles. The summed E-state index contributed by atoms with van der Waals surface area (Å²) >= 11 is 6.10. The highest BCUT2D eigenvalue weighted by atomic mass is 35.5. The van der Waals surface area contributed by atoms with Crippen LogP contribution in [-0.4, -0.2) is 20.3 Å². The van der Waals surface area contributed by atoms with Crippen LogP contribution in [0.4, 0.5) is 0 Å². The molecule has 3 nitrogen and oxygen atoms in total. The first kappa shape index (κ1) is 16.7. The number of halogens is 1. The lowest BCUT2D eigenvalue weighted by Crippen LogP contribution is -2.15. The van der Waals surface area contributed by atoms with E-state index >= 15 is 0 Å². The van der Waals surface area contributed by atoms with E-state index in [1.807, 2.05) is 37.3 Å². The first-order valence-corrected chi connectivity index (χ1v) is 7.81. The molecule has 0 aliphatic heterocycles. The summed E-state index contributed by atoms with van der Waals surface area (Å²) in [5, 5.41) is 0.707. The van der Waals surface area contributed by atoms with Crippen molar-refractivity contribution in [3.8, 4) is 11.5 Å². The molecule has 2 aromatic carbocycles. The van der Waals surface area contributed by atoms with Crippen molar-refractivity contribution in [1.82, 2.24) is 0 Å². The zero-order valence-electron chi connectivity index (χ0n) is 13.0. The second-order valence-electron chi connectivity index (χ2n) is 5.09. The summed E-state index contributed by atoms with van der Waals surface area (Å²) in [5.74, 6) is 1.93. The van der Waals surface area contributed by atoms with E-state index in [0.717, 1.165) is 23.5 Å². The molecule has 0 aromatic heterocycles. The smallest absolute Gasteiger partial charge is 0.122 e. The molecule has 0 saturated heterocycles. The van der Waals surface area contributed by atoms with Crippen molar-refractivity contribution in [2.24, 2.45) is 5.73 Å². The van der Waals surface area contributed by atoms with Gasteiger partial charge in [0.25, 0.3) is 0 Å². The van der Waals surface area contributed by atoms with Crippen LogP contribution in [0.3, 0.4) is 0 Å². The molecular formula is C18H22ClNO2. The van der Waals surface area contributed by atoms with Crippen molar-refractivity contribution in [1.29, 1.82) is 0 Å². The third-order valence-corrected chi connectivity index (χ3v) is 3.89. The van der Waals surface area contributed by atoms with Gasteiger partial charge in [-0.3, -0.25) is 0 Å². The summed E-state index contributed by atoms with van der Waals surface area (Å²) in [6.07, 6.45) is 0.786. The normalized spacial score (nSPS) is 12.0. The average Bonchev–Trinajstić information content (AvgIpc) is 2.54. The fraction of sp³-hybridized carbons (Fsp3) is 0.333. The van der Waals surface area contributed by atoms with Gasteiger partial charge in [0, 0.05) is 10.9 Å². The molecule has 0 bridgehead atoms. The van der Waals surface area contributed by atoms with Gasteiger partial charge in [0.1, 0.15) is 11.5 Å². The summed E-state index contributed by atoms with van der Waals surface area (Å²) in [5.41, 5.74) is 8.23. The minimum atomic E-state index is 0.211. The molecule has 0 amide bonds. The Bertz CT molecular complexity index is 599. The summed E-state index contributed by atoms with van der Waals surface area (Å²) in [7, 11) is 1.67. The van der Waals surface area contributed by atoms with E-state index in [4.69, 9.17) is 26.8 Å². The highest BCUT2D eigenvalue weighted by Crippen LogP contribution is 2.29. The van der Waals surface area contributed by atoms with Gasteiger partial charge in [0.15, 0.2) is 0 Å². The van der Waals surface area contributed by atoms with Crippen LogP contribution in [0, 0.1) is 0 Å². The zero-order valence-corrected chi connectivity index (χ0v) is 13.8. The van der Waals surface area contributed by atoms with Crippen LogP contribution in [0.5, 0.6) is 11.5 Å². The van der Waals surface area contributed by atoms with Crippen LogP contribution in [0.2, 0.25) is 5.02 Å². The zero-order chi connectivity index (χ0) is 15.9. The molecule has 0 radical (unpaired) electrons. The number of hydrogen-bond acceptors (Lipinski definition) is 3. The maximum absolute atomic E-state index is 6.10. The van der Waals surface area contributed by atoms with Crippen LogP contribution in [0.25, 0.3) is 0 Å². The van der Waals surface area contributed by atoms with Crippen LogP contribution < -0.4 is 15.2 Å². The van der Waals surface area contributed by atoms with Gasteiger partial charge in [-0.25, -0.2) is 0 Å². The Hall–Kier alpha value is -1.71. The topological polar surface area (TPSA) is 44.5 Å². The fourth-order valence-electron chi connectivity index (χ4n) is 2.51. The molecule has 4 heteroatoms. The van der Waals surface area contributed by atoms with Crippen molar-refractivity contribution in [2.75, 3.05) is 20.3 Å². The molecule has 0 aliphatic rings. The summed E-state index contributed by atoms with van der Waals surface area (Å²) < 4.78 is 10.9. The van der Waals surface area contributed by atoms with Crippen molar-refractivity contribution in [3.63, 3.8) is 0 Å². The molecule has 0 heterocycles. The van der Waals surface area contributed by atoms with Crippen molar-refractivity contribution in [3.05, 3.63) is 58.6 Å². The Labute approximate surface area is 137 Å². The number of ether oxygens (including phenoxy) is 2. The Kier molecular flexibility index (Phi) is 6.10. The minimum Gasteiger partial charge on any atom is -0.496 e. The monoisotopic (exact) mass is 319 g/mol. The fourth-order valence-corrected chi connectivity index (χ4v) is 2.71. The molecule has 2 rings (SSSR count). The van der Waals surface area contributed by atoms with Gasteiger partial charge < -0.3 is 15.2 Å². The lowest BCUT2D eigenvalue weighted by Gasteiger charge is -2.18. The predicted molar refractivity (Wildman–Crippen MR) is 91.1 cm³/mol. The Morgan fingerprint density at radius 3 is 2.45 bits per heavy atom. The SMILES string of the molecule is CCOc1ccc(C(CN)Cc2cc(Cl)ccc2OC)cc1. The number of benzene rings is 2. The average molecular weight is 320 g/mol. The Morgan fingerprint density at radius 1 is 1.14 bits per heavy atom. The predicted octanol–water partition coefficient (Wildman–Crippen LogP) is 4.03. The highest BCUT2D eigenvalue weighted by molar-refractivity contribution is 6.30. The summed E-state index contributed by atoms with van der Waals surface area (Å²) in [6, 6.07) is 13.8. The van der Waals surface area contributed by atoms with E-state index in [-0.39, 0.29) is 5.92 Å². The molecule has 2 N–H and O–H groups in total. The van der Waals surface area contributed by atoms with Gasteiger partial charge in [0.2, 0.25) is 0 Å². The Morgan fingerprint density at radius 2 is 1.86 bits per heavy atom. The minimum absolute atomic E-state index is 0.211. The molecule has 0 spiro atoms. The molecule has 118 valence electrons. The van der Waals surface area contributed by atoms with Crippen LogP contribution in [-0.2, 0) is 6.42 Å². The molecule has 22 heavy (non-hydrogen) atoms. The summed E-state index contributed by atoms with van der Waals surface area (Å²) in [4.78, 5) is 0. The molecular weight excluding hydrogens is 298 g/mol. The van der Waals surface area contributed by atoms with E-state index in [1.165, 1.54) is 5.56 Å². The Balaban J connectivity index is 2.20. The van der Waals surface area contributed by atoms with Crippen LogP contribution in [0.15, 0.2) is 42.5 Å². The second kappa shape index (κ2) is 8.06. The van der Waals surface area contributed by atoms with E-state index in [1.54, 1.807) is 7.11 Å². The molecule has 0 aliphatic carbocycles. The third-order valence-electron chi connectivity index (χ3n) is 3.66. The van der Waals surface area contributed by atoms with Gasteiger partial charge in [-0.2, -0.15) is 0 Å². The van der Waals surface area contributed by atoms with Gasteiger partial charge >= 0.3 is 0 Å². The highest BCUT2D eigenvalue weighted by Gasteiger charge is 2.14. The van der Waals surface area contributed by atoms with Gasteiger partial charge in [-0.15, -0.1) is 0 Å². The van der Waals surface area contributed by atoms with Crippen molar-refractivity contribution >= 4 is 11.6 Å². The van der Waals surface area contributed by atoms with E-state index in [9.17, 15) is 0 Å². The molecule has 0 fully saturated rings. The standard InChI is InChI=1S/C18H22ClNO2/c1-3-22-17-7-4-13(5-8-17)15(12-20)10-14-11-16(19)6-9-18(14)21-2/h4-9,11,15H,3,10,12,20H2,1-2H3.